The Hall–Kier alpha value is -3.21. The lowest BCUT2D eigenvalue weighted by Crippen LogP contribution is -3.05. The number of hydrogen-bond donors (Lipinski definition) is 1. The molecule has 1 N–H and O–H groups in total. The van der Waals surface area contributed by atoms with Crippen molar-refractivity contribution < 1.29 is 32.8 Å². The van der Waals surface area contributed by atoms with E-state index in [1.807, 2.05) is 21.0 Å². The molecule has 1 aliphatic rings. The Balaban J connectivity index is 2.05. The van der Waals surface area contributed by atoms with Crippen LogP contribution in [0.1, 0.15) is 36.9 Å². The first-order valence-corrected chi connectivity index (χ1v) is 13.7. The maximum absolute atomic E-state index is 13.6. The fraction of sp³-hybridized carbons (Fsp3) is 0.407. The number of sulfonamides is 1. The molecule has 2 aromatic rings. The number of hydrogen-bond acceptors (Lipinski definition) is 6. The third-order valence-corrected chi connectivity index (χ3v) is 8.00. The molecule has 10 heteroatoms. The first kappa shape index (κ1) is 28.4. The monoisotopic (exact) mass is 529 g/mol. The van der Waals surface area contributed by atoms with Crippen LogP contribution in [0.5, 0.6) is 5.75 Å². The lowest BCUT2D eigenvalue weighted by molar-refractivity contribution is -0.858. The van der Waals surface area contributed by atoms with Crippen LogP contribution in [0, 0.1) is 0 Å². The van der Waals surface area contributed by atoms with E-state index in [9.17, 15) is 23.1 Å². The average molecular weight is 530 g/mol. The van der Waals surface area contributed by atoms with Gasteiger partial charge in [-0.05, 0) is 41.8 Å². The van der Waals surface area contributed by atoms with Crippen molar-refractivity contribution in [2.75, 3.05) is 47.9 Å². The predicted octanol–water partition coefficient (Wildman–Crippen LogP) is 0.484. The van der Waals surface area contributed by atoms with Gasteiger partial charge in [0.25, 0.3) is 5.91 Å². The molecule has 0 saturated carbocycles. The average Bonchev–Trinajstić information content (AvgIpc) is 3.12. The van der Waals surface area contributed by atoms with Gasteiger partial charge in [0, 0.05) is 32.6 Å². The van der Waals surface area contributed by atoms with Crippen molar-refractivity contribution >= 4 is 27.5 Å². The van der Waals surface area contributed by atoms with Crippen molar-refractivity contribution in [3.05, 3.63) is 65.2 Å². The second-order valence-corrected chi connectivity index (χ2v) is 11.7. The molecule has 0 aliphatic carbocycles. The second kappa shape index (κ2) is 11.9. The molecular formula is C27H35N3O6S. The fourth-order valence-corrected chi connectivity index (χ4v) is 5.06. The highest BCUT2D eigenvalue weighted by Crippen LogP contribution is 2.39. The van der Waals surface area contributed by atoms with Crippen LogP contribution in [0.15, 0.2) is 59.0 Å². The van der Waals surface area contributed by atoms with E-state index in [0.717, 1.165) is 17.3 Å². The highest BCUT2D eigenvalue weighted by molar-refractivity contribution is 7.89. The van der Waals surface area contributed by atoms with Crippen molar-refractivity contribution in [3.63, 3.8) is 0 Å². The quantitative estimate of drug-likeness (QED) is 0.258. The van der Waals surface area contributed by atoms with Gasteiger partial charge in [-0.15, -0.1) is 0 Å². The molecule has 2 aromatic carbocycles. The molecular weight excluding hydrogens is 494 g/mol. The molecule has 0 aromatic heterocycles. The number of quaternary nitrogens is 1. The van der Waals surface area contributed by atoms with Gasteiger partial charge in [0.15, 0.2) is 0 Å². The number of carbonyl (C=O) groups excluding carboxylic acids is 2. The molecule has 1 amide bonds. The van der Waals surface area contributed by atoms with Gasteiger partial charge in [-0.25, -0.2) is 12.7 Å². The number of nitrogens with one attached hydrogen (secondary N) is 1. The number of Topliss-reactive ketones (excluding diaryl/α,β-unsaturated/α-hetero) is 1. The zero-order valence-corrected chi connectivity index (χ0v) is 22.8. The summed E-state index contributed by atoms with van der Waals surface area (Å²) in [5, 5.41) is 13.6. The van der Waals surface area contributed by atoms with Crippen LogP contribution in [0.3, 0.4) is 0 Å². The first-order valence-electron chi connectivity index (χ1n) is 12.3. The normalized spacial score (nSPS) is 17.7. The van der Waals surface area contributed by atoms with Crippen LogP contribution in [0.25, 0.3) is 5.76 Å². The fourth-order valence-electron chi connectivity index (χ4n) is 4.16. The van der Waals surface area contributed by atoms with Crippen molar-refractivity contribution in [3.8, 4) is 5.75 Å². The minimum atomic E-state index is -3.68. The number of amides is 1. The molecule has 1 aliphatic heterocycles. The van der Waals surface area contributed by atoms with Gasteiger partial charge >= 0.3 is 0 Å². The lowest BCUT2D eigenvalue weighted by atomic mass is 9.95. The Morgan fingerprint density at radius 2 is 1.68 bits per heavy atom. The topological polar surface area (TPSA) is 111 Å². The van der Waals surface area contributed by atoms with Gasteiger partial charge in [-0.2, -0.15) is 0 Å². The van der Waals surface area contributed by atoms with Crippen molar-refractivity contribution in [1.29, 1.82) is 0 Å². The first-order chi connectivity index (χ1) is 17.5. The van der Waals surface area contributed by atoms with E-state index in [-0.39, 0.29) is 16.0 Å². The summed E-state index contributed by atoms with van der Waals surface area (Å²) >= 11 is 0. The van der Waals surface area contributed by atoms with Gasteiger partial charge in [-0.3, -0.25) is 9.59 Å². The molecule has 1 fully saturated rings. The highest BCUT2D eigenvalue weighted by Gasteiger charge is 2.44. The minimum absolute atomic E-state index is 0.0277. The van der Waals surface area contributed by atoms with Gasteiger partial charge < -0.3 is 19.6 Å². The number of ketones is 1. The van der Waals surface area contributed by atoms with E-state index in [1.165, 1.54) is 48.2 Å². The van der Waals surface area contributed by atoms with E-state index in [0.29, 0.717) is 30.9 Å². The summed E-state index contributed by atoms with van der Waals surface area (Å²) in [4.78, 5) is 28.9. The molecule has 3 rings (SSSR count). The number of rotatable bonds is 11. The second-order valence-electron chi connectivity index (χ2n) is 9.51. The van der Waals surface area contributed by atoms with Crippen molar-refractivity contribution in [1.82, 2.24) is 9.21 Å². The van der Waals surface area contributed by atoms with Crippen molar-refractivity contribution in [2.45, 2.75) is 30.7 Å². The molecule has 200 valence electrons. The lowest BCUT2D eigenvalue weighted by Gasteiger charge is -2.28. The van der Waals surface area contributed by atoms with Crippen LogP contribution in [-0.2, 0) is 19.6 Å². The Bertz CT molecular complexity index is 1250. The summed E-state index contributed by atoms with van der Waals surface area (Å²) in [6.07, 6.45) is 1.52. The molecule has 1 atom stereocenters. The summed E-state index contributed by atoms with van der Waals surface area (Å²) in [6, 6.07) is 11.6. The molecule has 9 nitrogen and oxygen atoms in total. The van der Waals surface area contributed by atoms with E-state index in [2.05, 4.69) is 0 Å². The number of nitrogens with zero attached hydrogens (tertiary/aromatic N) is 2. The predicted molar refractivity (Wildman–Crippen MR) is 138 cm³/mol. The largest absolute Gasteiger partial charge is 0.872 e. The Labute approximate surface area is 219 Å². The van der Waals surface area contributed by atoms with Crippen LogP contribution in [0.4, 0.5) is 0 Å². The number of likely N-dealkylation sites (tertiary alicyclic amines) is 1. The van der Waals surface area contributed by atoms with Gasteiger partial charge in [0.2, 0.25) is 15.8 Å². The summed E-state index contributed by atoms with van der Waals surface area (Å²) in [5.41, 5.74) is 0.643. The third kappa shape index (κ3) is 6.20. The Morgan fingerprint density at radius 1 is 1.05 bits per heavy atom. The number of benzene rings is 2. The van der Waals surface area contributed by atoms with E-state index in [1.54, 1.807) is 24.3 Å². The molecule has 0 bridgehead atoms. The van der Waals surface area contributed by atoms with Gasteiger partial charge in [0.1, 0.15) is 5.75 Å². The third-order valence-electron chi connectivity index (χ3n) is 6.17. The SMILES string of the molecule is CCCOc1ccc(C2/C(=C(\[O-])c3ccc(S(=O)(=O)N(C)C)cc3)C(=O)C(=O)N2CCC[NH+](C)C)cc1. The standard InChI is InChI=1S/C27H35N3O6S/c1-6-18-36-21-12-8-19(9-13-21)24-23(26(32)27(33)30(24)17-7-16-28(2)3)25(31)20-10-14-22(15-11-20)37(34,35)29(4)5/h8-15,24,31H,6-7,16-18H2,1-5H3/b25-23+. The van der Waals surface area contributed by atoms with E-state index in [4.69, 9.17) is 4.74 Å². The summed E-state index contributed by atoms with van der Waals surface area (Å²) < 4.78 is 31.5. The number of ether oxygens (including phenoxy) is 1. The zero-order chi connectivity index (χ0) is 27.3. The number of carbonyl (C=O) groups is 2. The van der Waals surface area contributed by atoms with E-state index >= 15 is 0 Å². The maximum atomic E-state index is 13.6. The molecule has 37 heavy (non-hydrogen) atoms. The minimum Gasteiger partial charge on any atom is -0.872 e. The Morgan fingerprint density at radius 3 is 2.22 bits per heavy atom. The van der Waals surface area contributed by atoms with Gasteiger partial charge in [-0.1, -0.05) is 36.9 Å². The molecule has 1 heterocycles. The van der Waals surface area contributed by atoms with E-state index < -0.39 is 33.5 Å². The van der Waals surface area contributed by atoms with Crippen molar-refractivity contribution in [2.24, 2.45) is 0 Å². The summed E-state index contributed by atoms with van der Waals surface area (Å²) in [6.45, 7) is 3.69. The molecule has 1 unspecified atom stereocenters. The van der Waals surface area contributed by atoms with Crippen LogP contribution < -0.4 is 14.7 Å². The molecule has 0 spiro atoms. The maximum Gasteiger partial charge on any atom is 0.295 e. The smallest absolute Gasteiger partial charge is 0.295 e. The van der Waals surface area contributed by atoms with Crippen LogP contribution >= 0.6 is 0 Å². The highest BCUT2D eigenvalue weighted by atomic mass is 32.2. The molecule has 1 saturated heterocycles. The van der Waals surface area contributed by atoms with Crippen LogP contribution in [-0.4, -0.2) is 77.2 Å². The molecule has 0 radical (unpaired) electrons. The summed E-state index contributed by atoms with van der Waals surface area (Å²) in [5.74, 6) is -1.47. The van der Waals surface area contributed by atoms with Crippen LogP contribution in [0.2, 0.25) is 0 Å². The zero-order valence-electron chi connectivity index (χ0n) is 22.0. The Kier molecular flexibility index (Phi) is 9.12. The summed E-state index contributed by atoms with van der Waals surface area (Å²) in [7, 11) is 3.17. The van der Waals surface area contributed by atoms with Gasteiger partial charge in [0.05, 0.1) is 38.2 Å².